The number of amides is 1. The van der Waals surface area contributed by atoms with E-state index in [4.69, 9.17) is 0 Å². The molecule has 0 bridgehead atoms. The van der Waals surface area contributed by atoms with Crippen molar-refractivity contribution in [2.75, 3.05) is 39.3 Å². The number of nitrogens with zero attached hydrogens (tertiary/aromatic N) is 2. The lowest BCUT2D eigenvalue weighted by molar-refractivity contribution is -0.133. The average molecular weight is 307 g/mol. The zero-order valence-electron chi connectivity index (χ0n) is 12.6. The minimum atomic E-state index is 0.358. The Bertz CT molecular complexity index is 434. The molecule has 3 heterocycles. The van der Waals surface area contributed by atoms with Crippen molar-refractivity contribution < 1.29 is 4.79 Å². The van der Waals surface area contributed by atoms with Gasteiger partial charge in [-0.3, -0.25) is 9.69 Å². The maximum absolute atomic E-state index is 12.3. The smallest absolute Gasteiger partial charge is 0.222 e. The van der Waals surface area contributed by atoms with E-state index >= 15 is 0 Å². The van der Waals surface area contributed by atoms with Crippen molar-refractivity contribution in [2.45, 2.75) is 25.8 Å². The third kappa shape index (κ3) is 4.28. The summed E-state index contributed by atoms with van der Waals surface area (Å²) in [6, 6.07) is 2.19. The van der Waals surface area contributed by atoms with Crippen LogP contribution in [0.4, 0.5) is 0 Å². The number of thiophene rings is 1. The Kier molecular flexibility index (Phi) is 5.27. The first-order chi connectivity index (χ1) is 10.3. The molecule has 1 N–H and O–H groups in total. The molecule has 3 rings (SSSR count). The molecule has 21 heavy (non-hydrogen) atoms. The molecule has 116 valence electrons. The summed E-state index contributed by atoms with van der Waals surface area (Å²) in [6.07, 6.45) is 3.03. The number of rotatable bonds is 5. The number of piperazine rings is 1. The molecule has 1 aromatic heterocycles. The summed E-state index contributed by atoms with van der Waals surface area (Å²) in [7, 11) is 0. The highest BCUT2D eigenvalue weighted by molar-refractivity contribution is 7.07. The molecule has 0 spiro atoms. The Morgan fingerprint density at radius 2 is 2.19 bits per heavy atom. The van der Waals surface area contributed by atoms with Crippen molar-refractivity contribution >= 4 is 17.2 Å². The first-order valence-corrected chi connectivity index (χ1v) is 8.97. The lowest BCUT2D eigenvalue weighted by atomic mass is 10.0. The summed E-state index contributed by atoms with van der Waals surface area (Å²) in [4.78, 5) is 16.8. The molecule has 1 atom stereocenters. The molecule has 2 aliphatic heterocycles. The van der Waals surface area contributed by atoms with Gasteiger partial charge in [0.15, 0.2) is 0 Å². The van der Waals surface area contributed by atoms with E-state index in [1.54, 1.807) is 11.3 Å². The monoisotopic (exact) mass is 307 g/mol. The van der Waals surface area contributed by atoms with E-state index in [0.717, 1.165) is 58.7 Å². The van der Waals surface area contributed by atoms with Gasteiger partial charge in [-0.1, -0.05) is 0 Å². The Morgan fingerprint density at radius 3 is 2.86 bits per heavy atom. The molecule has 1 amide bonds. The van der Waals surface area contributed by atoms with E-state index in [2.05, 4.69) is 31.9 Å². The summed E-state index contributed by atoms with van der Waals surface area (Å²) in [5.41, 5.74) is 1.40. The van der Waals surface area contributed by atoms with Gasteiger partial charge in [0.25, 0.3) is 0 Å². The van der Waals surface area contributed by atoms with Crippen molar-refractivity contribution in [3.8, 4) is 0 Å². The van der Waals surface area contributed by atoms with Gasteiger partial charge >= 0.3 is 0 Å². The van der Waals surface area contributed by atoms with Crippen LogP contribution in [0.25, 0.3) is 0 Å². The molecular weight excluding hydrogens is 282 g/mol. The van der Waals surface area contributed by atoms with E-state index in [1.165, 1.54) is 12.0 Å². The van der Waals surface area contributed by atoms with Gasteiger partial charge in [-0.2, -0.15) is 11.3 Å². The average Bonchev–Trinajstić information content (AvgIpc) is 3.19. The summed E-state index contributed by atoms with van der Waals surface area (Å²) < 4.78 is 0. The van der Waals surface area contributed by atoms with Crippen LogP contribution < -0.4 is 5.32 Å². The van der Waals surface area contributed by atoms with Gasteiger partial charge in [0.05, 0.1) is 0 Å². The van der Waals surface area contributed by atoms with Crippen molar-refractivity contribution in [3.63, 3.8) is 0 Å². The molecule has 1 aromatic rings. The number of hydrogen-bond donors (Lipinski definition) is 1. The Balaban J connectivity index is 1.37. The van der Waals surface area contributed by atoms with Crippen LogP contribution >= 0.6 is 11.3 Å². The first kappa shape index (κ1) is 15.0. The van der Waals surface area contributed by atoms with E-state index in [0.29, 0.717) is 11.8 Å². The summed E-state index contributed by atoms with van der Waals surface area (Å²) >= 11 is 1.76. The minimum absolute atomic E-state index is 0.358. The van der Waals surface area contributed by atoms with Crippen LogP contribution in [0.15, 0.2) is 16.8 Å². The van der Waals surface area contributed by atoms with E-state index < -0.39 is 0 Å². The van der Waals surface area contributed by atoms with E-state index in [9.17, 15) is 4.79 Å². The van der Waals surface area contributed by atoms with Gasteiger partial charge in [0.1, 0.15) is 0 Å². The normalized spacial score (nSPS) is 23.6. The molecule has 2 fully saturated rings. The summed E-state index contributed by atoms with van der Waals surface area (Å²) in [6.45, 7) is 7.05. The molecule has 0 saturated carbocycles. The second-order valence-electron chi connectivity index (χ2n) is 6.19. The van der Waals surface area contributed by atoms with Crippen molar-refractivity contribution in [1.29, 1.82) is 0 Å². The molecule has 0 radical (unpaired) electrons. The molecule has 0 aromatic carbocycles. The third-order valence-electron chi connectivity index (χ3n) is 4.64. The predicted octanol–water partition coefficient (Wildman–Crippen LogP) is 1.78. The van der Waals surface area contributed by atoms with Crippen molar-refractivity contribution in [3.05, 3.63) is 22.4 Å². The van der Waals surface area contributed by atoms with Gasteiger partial charge in [-0.15, -0.1) is 0 Å². The lowest BCUT2D eigenvalue weighted by Crippen LogP contribution is -2.48. The van der Waals surface area contributed by atoms with Gasteiger partial charge in [-0.25, -0.2) is 0 Å². The Morgan fingerprint density at radius 1 is 1.33 bits per heavy atom. The van der Waals surface area contributed by atoms with Crippen LogP contribution in [-0.2, 0) is 11.3 Å². The Labute approximate surface area is 131 Å². The fraction of sp³-hybridized carbons (Fsp3) is 0.688. The summed E-state index contributed by atoms with van der Waals surface area (Å²) in [5.74, 6) is 1.07. The number of carbonyl (C=O) groups excluding carboxylic acids is 1. The standard InChI is InChI=1S/C16H25N3OS/c20-16(2-1-14-3-5-17-11-14)19-8-6-18(7-9-19)12-15-4-10-21-13-15/h4,10,13-14,17H,1-3,5-9,11-12H2. The van der Waals surface area contributed by atoms with Crippen LogP contribution in [0, 0.1) is 5.92 Å². The lowest BCUT2D eigenvalue weighted by Gasteiger charge is -2.34. The van der Waals surface area contributed by atoms with Crippen molar-refractivity contribution in [2.24, 2.45) is 5.92 Å². The highest BCUT2D eigenvalue weighted by atomic mass is 32.1. The first-order valence-electron chi connectivity index (χ1n) is 8.03. The largest absolute Gasteiger partial charge is 0.340 e. The van der Waals surface area contributed by atoms with Gasteiger partial charge in [-0.05, 0) is 54.2 Å². The molecule has 1 unspecified atom stereocenters. The maximum Gasteiger partial charge on any atom is 0.222 e. The quantitative estimate of drug-likeness (QED) is 0.901. The number of nitrogens with one attached hydrogen (secondary N) is 1. The van der Waals surface area contributed by atoms with Crippen LogP contribution in [0.1, 0.15) is 24.8 Å². The molecular formula is C16H25N3OS. The molecule has 0 aliphatic carbocycles. The van der Waals surface area contributed by atoms with Crippen LogP contribution in [0.2, 0.25) is 0 Å². The number of hydrogen-bond acceptors (Lipinski definition) is 4. The highest BCUT2D eigenvalue weighted by Gasteiger charge is 2.22. The number of carbonyl (C=O) groups is 1. The van der Waals surface area contributed by atoms with Crippen LogP contribution in [-0.4, -0.2) is 55.0 Å². The second-order valence-corrected chi connectivity index (χ2v) is 6.97. The van der Waals surface area contributed by atoms with Crippen LogP contribution in [0.3, 0.4) is 0 Å². The van der Waals surface area contributed by atoms with Crippen LogP contribution in [0.5, 0.6) is 0 Å². The molecule has 2 aliphatic rings. The zero-order valence-corrected chi connectivity index (χ0v) is 13.4. The molecule has 2 saturated heterocycles. The molecule has 5 heteroatoms. The minimum Gasteiger partial charge on any atom is -0.340 e. The predicted molar refractivity (Wildman–Crippen MR) is 86.4 cm³/mol. The van der Waals surface area contributed by atoms with E-state index in [1.807, 2.05) is 0 Å². The summed E-state index contributed by atoms with van der Waals surface area (Å²) in [5, 5.41) is 7.72. The fourth-order valence-electron chi connectivity index (χ4n) is 3.24. The fourth-order valence-corrected chi connectivity index (χ4v) is 3.90. The second kappa shape index (κ2) is 7.38. The third-order valence-corrected chi connectivity index (χ3v) is 5.37. The topological polar surface area (TPSA) is 35.6 Å². The van der Waals surface area contributed by atoms with Gasteiger partial charge < -0.3 is 10.2 Å². The maximum atomic E-state index is 12.3. The van der Waals surface area contributed by atoms with Gasteiger partial charge in [0, 0.05) is 39.1 Å². The zero-order chi connectivity index (χ0) is 14.5. The Hall–Kier alpha value is -0.910. The highest BCUT2D eigenvalue weighted by Crippen LogP contribution is 2.16. The van der Waals surface area contributed by atoms with E-state index in [-0.39, 0.29) is 0 Å². The molecule has 4 nitrogen and oxygen atoms in total. The van der Waals surface area contributed by atoms with Gasteiger partial charge in [0.2, 0.25) is 5.91 Å². The van der Waals surface area contributed by atoms with Crippen molar-refractivity contribution in [1.82, 2.24) is 15.1 Å². The SMILES string of the molecule is O=C(CCC1CCNC1)N1CCN(Cc2ccsc2)CC1.